The maximum atomic E-state index is 12.9. The summed E-state index contributed by atoms with van der Waals surface area (Å²) < 4.78 is 13.4. The minimum Gasteiger partial charge on any atom is -0.385 e. The molecule has 0 bridgehead atoms. The Morgan fingerprint density at radius 3 is 2.73 bits per heavy atom. The molecular weight excluding hydrogens is 257 g/mol. The Balaban J connectivity index is 2.35. The van der Waals surface area contributed by atoms with E-state index in [2.05, 4.69) is 35.1 Å². The maximum absolute atomic E-state index is 12.9. The molecule has 1 rings (SSSR count). The van der Waals surface area contributed by atoms with E-state index in [9.17, 15) is 4.39 Å². The first-order chi connectivity index (χ1) is 7.09. The molecule has 0 aliphatic heterocycles. The van der Waals surface area contributed by atoms with E-state index in [1.54, 1.807) is 12.1 Å². The van der Waals surface area contributed by atoms with Crippen LogP contribution in [0.25, 0.3) is 0 Å². The van der Waals surface area contributed by atoms with Crippen LogP contribution in [0, 0.1) is 11.7 Å². The molecular formula is C12H17BrFN. The van der Waals surface area contributed by atoms with Crippen molar-refractivity contribution in [2.75, 3.05) is 11.9 Å². The van der Waals surface area contributed by atoms with Crippen molar-refractivity contribution in [3.05, 3.63) is 28.5 Å². The van der Waals surface area contributed by atoms with Gasteiger partial charge in [0.25, 0.3) is 0 Å². The van der Waals surface area contributed by atoms with Crippen LogP contribution in [0.15, 0.2) is 22.7 Å². The lowest BCUT2D eigenvalue weighted by atomic mass is 10.1. The fourth-order valence-corrected chi connectivity index (χ4v) is 1.73. The summed E-state index contributed by atoms with van der Waals surface area (Å²) in [5, 5.41) is 3.27. The standard InChI is InChI=1S/C12H17BrFN/c1-9(2)4-3-7-15-10-5-6-12(14)11(13)8-10/h5-6,8-9,15H,3-4,7H2,1-2H3. The van der Waals surface area contributed by atoms with Crippen LogP contribution < -0.4 is 5.32 Å². The topological polar surface area (TPSA) is 12.0 Å². The zero-order chi connectivity index (χ0) is 11.3. The van der Waals surface area contributed by atoms with Crippen LogP contribution in [0.4, 0.5) is 10.1 Å². The van der Waals surface area contributed by atoms with Crippen molar-refractivity contribution < 1.29 is 4.39 Å². The molecule has 1 N–H and O–H groups in total. The van der Waals surface area contributed by atoms with Crippen LogP contribution in [0.1, 0.15) is 26.7 Å². The second-order valence-electron chi connectivity index (χ2n) is 4.09. The van der Waals surface area contributed by atoms with Crippen molar-refractivity contribution in [3.63, 3.8) is 0 Å². The van der Waals surface area contributed by atoms with E-state index in [4.69, 9.17) is 0 Å². The molecule has 1 aromatic rings. The minimum absolute atomic E-state index is 0.220. The molecule has 1 nitrogen and oxygen atoms in total. The van der Waals surface area contributed by atoms with Gasteiger partial charge in [0.15, 0.2) is 0 Å². The van der Waals surface area contributed by atoms with Gasteiger partial charge in [0, 0.05) is 12.2 Å². The molecule has 0 atom stereocenters. The summed E-state index contributed by atoms with van der Waals surface area (Å²) in [5.74, 6) is 0.523. The van der Waals surface area contributed by atoms with Crippen molar-refractivity contribution in [2.45, 2.75) is 26.7 Å². The number of rotatable bonds is 5. The molecule has 84 valence electrons. The van der Waals surface area contributed by atoms with Crippen LogP contribution in [0.5, 0.6) is 0 Å². The number of hydrogen-bond acceptors (Lipinski definition) is 1. The van der Waals surface area contributed by atoms with Crippen LogP contribution in [-0.4, -0.2) is 6.54 Å². The fourth-order valence-electron chi connectivity index (χ4n) is 1.35. The lowest BCUT2D eigenvalue weighted by Crippen LogP contribution is -2.03. The Labute approximate surface area is 99.2 Å². The number of hydrogen-bond donors (Lipinski definition) is 1. The highest BCUT2D eigenvalue weighted by Gasteiger charge is 1.99. The molecule has 0 aliphatic carbocycles. The van der Waals surface area contributed by atoms with Crippen molar-refractivity contribution in [3.8, 4) is 0 Å². The van der Waals surface area contributed by atoms with Gasteiger partial charge < -0.3 is 5.32 Å². The zero-order valence-corrected chi connectivity index (χ0v) is 10.8. The summed E-state index contributed by atoms with van der Waals surface area (Å²) in [7, 11) is 0. The van der Waals surface area contributed by atoms with Gasteiger partial charge >= 0.3 is 0 Å². The predicted molar refractivity (Wildman–Crippen MR) is 66.7 cm³/mol. The largest absolute Gasteiger partial charge is 0.385 e. The predicted octanol–water partition coefficient (Wildman–Crippen LogP) is 4.44. The van der Waals surface area contributed by atoms with Crippen LogP contribution in [0.3, 0.4) is 0 Å². The number of nitrogens with one attached hydrogen (secondary N) is 1. The number of benzene rings is 1. The van der Waals surface area contributed by atoms with E-state index in [1.165, 1.54) is 12.5 Å². The Hall–Kier alpha value is -0.570. The van der Waals surface area contributed by atoms with Gasteiger partial charge in [-0.05, 0) is 52.9 Å². The van der Waals surface area contributed by atoms with Crippen molar-refractivity contribution in [2.24, 2.45) is 5.92 Å². The molecule has 0 amide bonds. The SMILES string of the molecule is CC(C)CCCNc1ccc(F)c(Br)c1. The highest BCUT2D eigenvalue weighted by atomic mass is 79.9. The molecule has 0 aliphatic rings. The summed E-state index contributed by atoms with van der Waals surface area (Å²) in [6, 6.07) is 5.00. The van der Waals surface area contributed by atoms with Gasteiger partial charge in [0.05, 0.1) is 4.47 Å². The van der Waals surface area contributed by atoms with E-state index in [-0.39, 0.29) is 5.82 Å². The average molecular weight is 274 g/mol. The molecule has 0 spiro atoms. The van der Waals surface area contributed by atoms with Crippen molar-refractivity contribution >= 4 is 21.6 Å². The third-order valence-electron chi connectivity index (χ3n) is 2.21. The second-order valence-corrected chi connectivity index (χ2v) is 4.95. The summed E-state index contributed by atoms with van der Waals surface area (Å²) in [6.45, 7) is 5.37. The van der Waals surface area contributed by atoms with E-state index in [0.717, 1.165) is 24.6 Å². The molecule has 3 heteroatoms. The van der Waals surface area contributed by atoms with Gasteiger partial charge in [-0.2, -0.15) is 0 Å². The van der Waals surface area contributed by atoms with Crippen molar-refractivity contribution in [1.29, 1.82) is 0 Å². The van der Waals surface area contributed by atoms with Gasteiger partial charge in [0.1, 0.15) is 5.82 Å². The molecule has 0 heterocycles. The molecule has 1 aromatic carbocycles. The monoisotopic (exact) mass is 273 g/mol. The zero-order valence-electron chi connectivity index (χ0n) is 9.19. The first-order valence-corrected chi connectivity index (χ1v) is 6.08. The summed E-state index contributed by atoms with van der Waals surface area (Å²) in [4.78, 5) is 0. The number of anilines is 1. The lowest BCUT2D eigenvalue weighted by Gasteiger charge is -2.08. The van der Waals surface area contributed by atoms with Crippen LogP contribution >= 0.6 is 15.9 Å². The van der Waals surface area contributed by atoms with Crippen LogP contribution in [0.2, 0.25) is 0 Å². The summed E-state index contributed by atoms with van der Waals surface area (Å²) in [5.41, 5.74) is 0.965. The van der Waals surface area contributed by atoms with Gasteiger partial charge in [0.2, 0.25) is 0 Å². The highest BCUT2D eigenvalue weighted by Crippen LogP contribution is 2.20. The van der Waals surface area contributed by atoms with E-state index >= 15 is 0 Å². The maximum Gasteiger partial charge on any atom is 0.137 e. The van der Waals surface area contributed by atoms with Crippen LogP contribution in [-0.2, 0) is 0 Å². The number of halogens is 2. The van der Waals surface area contributed by atoms with E-state index < -0.39 is 0 Å². The minimum atomic E-state index is -0.220. The Bertz CT molecular complexity index is 312. The Morgan fingerprint density at radius 1 is 1.40 bits per heavy atom. The van der Waals surface area contributed by atoms with E-state index in [0.29, 0.717) is 4.47 Å². The third-order valence-corrected chi connectivity index (χ3v) is 2.81. The summed E-state index contributed by atoms with van der Waals surface area (Å²) in [6.07, 6.45) is 2.36. The third kappa shape index (κ3) is 4.65. The Morgan fingerprint density at radius 2 is 2.13 bits per heavy atom. The normalized spacial score (nSPS) is 10.7. The molecule has 0 radical (unpaired) electrons. The first kappa shape index (κ1) is 12.5. The first-order valence-electron chi connectivity index (χ1n) is 5.28. The van der Waals surface area contributed by atoms with E-state index in [1.807, 2.05) is 0 Å². The van der Waals surface area contributed by atoms with Gasteiger partial charge in [-0.3, -0.25) is 0 Å². The molecule has 15 heavy (non-hydrogen) atoms. The molecule has 0 unspecified atom stereocenters. The molecule has 0 saturated heterocycles. The van der Waals surface area contributed by atoms with Gasteiger partial charge in [-0.1, -0.05) is 13.8 Å². The highest BCUT2D eigenvalue weighted by molar-refractivity contribution is 9.10. The summed E-state index contributed by atoms with van der Waals surface area (Å²) >= 11 is 3.16. The molecule has 0 saturated carbocycles. The molecule has 0 fully saturated rings. The van der Waals surface area contributed by atoms with Gasteiger partial charge in [-0.25, -0.2) is 4.39 Å². The quantitative estimate of drug-likeness (QED) is 0.783. The second kappa shape index (κ2) is 6.11. The lowest BCUT2D eigenvalue weighted by molar-refractivity contribution is 0.567. The fraction of sp³-hybridized carbons (Fsp3) is 0.500. The van der Waals surface area contributed by atoms with Crippen molar-refractivity contribution in [1.82, 2.24) is 0 Å². The van der Waals surface area contributed by atoms with Gasteiger partial charge in [-0.15, -0.1) is 0 Å². The smallest absolute Gasteiger partial charge is 0.137 e. The average Bonchev–Trinajstić information content (AvgIpc) is 2.18. The molecule has 0 aromatic heterocycles. The Kier molecular flexibility index (Phi) is 5.09.